The molecule has 8 heteroatoms. The number of anilines is 2. The molecule has 2 heterocycles. The number of urea groups is 1. The summed E-state index contributed by atoms with van der Waals surface area (Å²) in [5.74, 6) is 1.88. The predicted octanol–water partition coefficient (Wildman–Crippen LogP) is 2.93. The van der Waals surface area contributed by atoms with Crippen LogP contribution in [-0.2, 0) is 0 Å². The number of aromatic nitrogens is 3. The van der Waals surface area contributed by atoms with Crippen molar-refractivity contribution in [2.75, 3.05) is 24.9 Å². The molecule has 3 aromatic rings. The van der Waals surface area contributed by atoms with Gasteiger partial charge >= 0.3 is 6.03 Å². The molecule has 2 amide bonds. The van der Waals surface area contributed by atoms with Crippen LogP contribution in [0.4, 0.5) is 16.2 Å². The van der Waals surface area contributed by atoms with Gasteiger partial charge in [0.05, 0.1) is 26.1 Å². The first-order valence-corrected chi connectivity index (χ1v) is 7.43. The van der Waals surface area contributed by atoms with Crippen molar-refractivity contribution in [3.05, 3.63) is 55.2 Å². The zero-order chi connectivity index (χ0) is 17.6. The standard InChI is InChI=1S/C17H17N5O3/c1-24-14-7-13(8-15(9-14)25-2)21-17(23)20-12-3-4-16(19-10-12)22-6-5-18-11-22/h3-11H,1-2H3,(H2,20,21,23). The largest absolute Gasteiger partial charge is 0.497 e. The average Bonchev–Trinajstić information content (AvgIpc) is 3.16. The van der Waals surface area contributed by atoms with Crippen LogP contribution in [-0.4, -0.2) is 34.8 Å². The topological polar surface area (TPSA) is 90.3 Å². The second kappa shape index (κ2) is 7.35. The number of pyridine rings is 1. The van der Waals surface area contributed by atoms with Crippen LogP contribution >= 0.6 is 0 Å². The van der Waals surface area contributed by atoms with Crippen molar-refractivity contribution in [2.24, 2.45) is 0 Å². The molecule has 0 bridgehead atoms. The van der Waals surface area contributed by atoms with Gasteiger partial charge in [-0.1, -0.05) is 0 Å². The Bertz CT molecular complexity index is 825. The lowest BCUT2D eigenvalue weighted by Gasteiger charge is -2.11. The van der Waals surface area contributed by atoms with Crippen LogP contribution in [0.2, 0.25) is 0 Å². The maximum atomic E-state index is 12.1. The van der Waals surface area contributed by atoms with Gasteiger partial charge in [-0.05, 0) is 12.1 Å². The zero-order valence-corrected chi connectivity index (χ0v) is 13.8. The van der Waals surface area contributed by atoms with Gasteiger partial charge in [-0.15, -0.1) is 0 Å². The highest BCUT2D eigenvalue weighted by Gasteiger charge is 2.07. The Hall–Kier alpha value is -3.55. The van der Waals surface area contributed by atoms with Crippen molar-refractivity contribution in [1.29, 1.82) is 0 Å². The maximum Gasteiger partial charge on any atom is 0.323 e. The molecule has 0 saturated heterocycles. The quantitative estimate of drug-likeness (QED) is 0.746. The highest BCUT2D eigenvalue weighted by Crippen LogP contribution is 2.25. The van der Waals surface area contributed by atoms with Gasteiger partial charge in [0.15, 0.2) is 0 Å². The Morgan fingerprint density at radius 3 is 2.32 bits per heavy atom. The normalized spacial score (nSPS) is 10.2. The summed E-state index contributed by atoms with van der Waals surface area (Å²) < 4.78 is 12.1. The van der Waals surface area contributed by atoms with E-state index in [0.29, 0.717) is 28.7 Å². The average molecular weight is 339 g/mol. The fourth-order valence-corrected chi connectivity index (χ4v) is 2.18. The van der Waals surface area contributed by atoms with E-state index in [1.165, 1.54) is 0 Å². The van der Waals surface area contributed by atoms with Crippen LogP contribution in [0, 0.1) is 0 Å². The summed E-state index contributed by atoms with van der Waals surface area (Å²) >= 11 is 0. The molecule has 0 unspecified atom stereocenters. The van der Waals surface area contributed by atoms with Gasteiger partial charge in [-0.2, -0.15) is 0 Å². The number of carbonyl (C=O) groups excluding carboxylic acids is 1. The summed E-state index contributed by atoms with van der Waals surface area (Å²) in [6.45, 7) is 0. The summed E-state index contributed by atoms with van der Waals surface area (Å²) in [5, 5.41) is 5.45. The van der Waals surface area contributed by atoms with Crippen molar-refractivity contribution >= 4 is 17.4 Å². The Morgan fingerprint density at radius 2 is 1.76 bits per heavy atom. The zero-order valence-electron chi connectivity index (χ0n) is 13.8. The van der Waals surface area contributed by atoms with Crippen molar-refractivity contribution in [3.8, 4) is 17.3 Å². The third-order valence-corrected chi connectivity index (χ3v) is 3.38. The molecule has 0 aliphatic heterocycles. The van der Waals surface area contributed by atoms with Gasteiger partial charge in [-0.3, -0.25) is 4.57 Å². The Morgan fingerprint density at radius 1 is 1.04 bits per heavy atom. The molecular weight excluding hydrogens is 322 g/mol. The number of carbonyl (C=O) groups is 1. The molecule has 2 N–H and O–H groups in total. The van der Waals surface area contributed by atoms with Crippen LogP contribution in [0.5, 0.6) is 11.5 Å². The predicted molar refractivity (Wildman–Crippen MR) is 93.5 cm³/mol. The number of ether oxygens (including phenoxy) is 2. The fraction of sp³-hybridized carbons (Fsp3) is 0.118. The minimum atomic E-state index is -0.396. The van der Waals surface area contributed by atoms with Crippen LogP contribution in [0.25, 0.3) is 5.82 Å². The maximum absolute atomic E-state index is 12.1. The smallest absolute Gasteiger partial charge is 0.323 e. The van der Waals surface area contributed by atoms with Crippen LogP contribution < -0.4 is 20.1 Å². The molecule has 0 saturated carbocycles. The lowest BCUT2D eigenvalue weighted by molar-refractivity contribution is 0.262. The summed E-state index contributed by atoms with van der Waals surface area (Å²) in [6.07, 6.45) is 6.68. The number of methoxy groups -OCH3 is 2. The highest BCUT2D eigenvalue weighted by atomic mass is 16.5. The van der Waals surface area contributed by atoms with E-state index in [1.54, 1.807) is 74.0 Å². The van der Waals surface area contributed by atoms with E-state index < -0.39 is 6.03 Å². The molecule has 1 aromatic carbocycles. The van der Waals surface area contributed by atoms with E-state index in [1.807, 2.05) is 0 Å². The number of hydrogen-bond donors (Lipinski definition) is 2. The van der Waals surface area contributed by atoms with E-state index >= 15 is 0 Å². The SMILES string of the molecule is COc1cc(NC(=O)Nc2ccc(-n3ccnc3)nc2)cc(OC)c1. The van der Waals surface area contributed by atoms with E-state index in [4.69, 9.17) is 9.47 Å². The molecule has 0 atom stereocenters. The van der Waals surface area contributed by atoms with E-state index in [0.717, 1.165) is 0 Å². The van der Waals surface area contributed by atoms with Gasteiger partial charge < -0.3 is 20.1 Å². The third kappa shape index (κ3) is 4.05. The molecule has 0 aliphatic rings. The lowest BCUT2D eigenvalue weighted by atomic mass is 10.3. The van der Waals surface area contributed by atoms with Crippen molar-refractivity contribution in [2.45, 2.75) is 0 Å². The molecule has 0 radical (unpaired) electrons. The minimum absolute atomic E-state index is 0.396. The number of imidazole rings is 1. The first kappa shape index (κ1) is 16.3. The molecule has 3 rings (SSSR count). The Balaban J connectivity index is 1.66. The summed E-state index contributed by atoms with van der Waals surface area (Å²) in [6, 6.07) is 8.26. The fourth-order valence-electron chi connectivity index (χ4n) is 2.18. The third-order valence-electron chi connectivity index (χ3n) is 3.38. The molecule has 0 aliphatic carbocycles. The first-order valence-electron chi connectivity index (χ1n) is 7.43. The van der Waals surface area contributed by atoms with Gasteiger partial charge in [0.2, 0.25) is 0 Å². The summed E-state index contributed by atoms with van der Waals surface area (Å²) in [7, 11) is 3.10. The first-order chi connectivity index (χ1) is 12.2. The monoisotopic (exact) mass is 339 g/mol. The summed E-state index contributed by atoms with van der Waals surface area (Å²) in [4.78, 5) is 20.4. The van der Waals surface area contributed by atoms with Crippen LogP contribution in [0.15, 0.2) is 55.2 Å². The molecule has 0 spiro atoms. The van der Waals surface area contributed by atoms with E-state index in [-0.39, 0.29) is 0 Å². The molecule has 0 fully saturated rings. The van der Waals surface area contributed by atoms with Crippen molar-refractivity contribution in [1.82, 2.24) is 14.5 Å². The number of rotatable bonds is 5. The number of amides is 2. The number of nitrogens with zero attached hydrogens (tertiary/aromatic N) is 3. The molecule has 8 nitrogen and oxygen atoms in total. The van der Waals surface area contributed by atoms with E-state index in [9.17, 15) is 4.79 Å². The second-order valence-electron chi connectivity index (χ2n) is 5.06. The molecule has 2 aromatic heterocycles. The van der Waals surface area contributed by atoms with Gasteiger partial charge in [0.1, 0.15) is 23.6 Å². The Labute approximate surface area is 144 Å². The lowest BCUT2D eigenvalue weighted by Crippen LogP contribution is -2.19. The molecule has 128 valence electrons. The number of benzene rings is 1. The minimum Gasteiger partial charge on any atom is -0.497 e. The van der Waals surface area contributed by atoms with E-state index in [2.05, 4.69) is 20.6 Å². The number of hydrogen-bond acceptors (Lipinski definition) is 5. The van der Waals surface area contributed by atoms with Gasteiger partial charge in [-0.25, -0.2) is 14.8 Å². The van der Waals surface area contributed by atoms with Crippen molar-refractivity contribution < 1.29 is 14.3 Å². The van der Waals surface area contributed by atoms with Crippen LogP contribution in [0.1, 0.15) is 0 Å². The van der Waals surface area contributed by atoms with Crippen molar-refractivity contribution in [3.63, 3.8) is 0 Å². The second-order valence-corrected chi connectivity index (χ2v) is 5.06. The summed E-state index contributed by atoms with van der Waals surface area (Å²) in [5.41, 5.74) is 1.12. The molecule has 25 heavy (non-hydrogen) atoms. The Kier molecular flexibility index (Phi) is 4.79. The molecular formula is C17H17N5O3. The van der Waals surface area contributed by atoms with Gasteiger partial charge in [0, 0.05) is 36.3 Å². The number of nitrogens with one attached hydrogen (secondary N) is 2. The van der Waals surface area contributed by atoms with Crippen LogP contribution in [0.3, 0.4) is 0 Å². The highest BCUT2D eigenvalue weighted by molar-refractivity contribution is 5.99. The van der Waals surface area contributed by atoms with Gasteiger partial charge in [0.25, 0.3) is 0 Å².